The van der Waals surface area contributed by atoms with Crippen LogP contribution < -0.4 is 0 Å². The van der Waals surface area contributed by atoms with Crippen LogP contribution >= 0.6 is 24.0 Å². The van der Waals surface area contributed by atoms with E-state index in [1.165, 1.54) is 11.8 Å². The van der Waals surface area contributed by atoms with Crippen molar-refractivity contribution in [3.05, 3.63) is 35.9 Å². The Bertz CT molecular complexity index is 482. The number of aliphatic carboxylic acids is 1. The number of nitrogens with zero attached hydrogens (tertiary/aromatic N) is 1. The number of carbonyl (C=O) groups is 1. The molecule has 1 atom stereocenters. The zero-order chi connectivity index (χ0) is 13.6. The Morgan fingerprint density at radius 3 is 2.61 bits per heavy atom. The molecule has 0 radical (unpaired) electrons. The number of rotatable bonds is 5. The van der Waals surface area contributed by atoms with Gasteiger partial charge in [0.2, 0.25) is 0 Å². The largest absolute Gasteiger partial charge is 0.481 e. The molecule has 94 valence electrons. The molecule has 1 aromatic rings. The minimum atomic E-state index is -0.900. The highest BCUT2D eigenvalue weighted by Gasteiger charge is 2.27. The Balaban J connectivity index is 2.72. The monoisotopic (exact) mass is 279 g/mol. The smallest absolute Gasteiger partial charge is 0.303 e. The lowest BCUT2D eigenvalue weighted by atomic mass is 10.1. The molecule has 1 aromatic carbocycles. The van der Waals surface area contributed by atoms with E-state index < -0.39 is 10.7 Å². The molecule has 1 unspecified atom stereocenters. The Morgan fingerprint density at radius 2 is 2.11 bits per heavy atom. The number of carboxylic acids is 1. The lowest BCUT2D eigenvalue weighted by molar-refractivity contribution is -0.137. The zero-order valence-electron chi connectivity index (χ0n) is 9.92. The summed E-state index contributed by atoms with van der Waals surface area (Å²) in [6.07, 6.45) is 0.241. The molecule has 1 N–H and O–H groups in total. The number of thiocarbonyl (C=S) groups is 1. The van der Waals surface area contributed by atoms with Crippen molar-refractivity contribution in [1.29, 1.82) is 5.26 Å². The van der Waals surface area contributed by atoms with Gasteiger partial charge in [-0.05, 0) is 18.9 Å². The number of carboxylic acid groups (broad SMARTS) is 1. The topological polar surface area (TPSA) is 61.1 Å². The van der Waals surface area contributed by atoms with Crippen molar-refractivity contribution in [3.8, 4) is 6.07 Å². The molecule has 0 amide bonds. The normalized spacial score (nSPS) is 13.3. The minimum absolute atomic E-state index is 0.0333. The summed E-state index contributed by atoms with van der Waals surface area (Å²) in [6, 6.07) is 11.6. The number of benzene rings is 1. The highest BCUT2D eigenvalue weighted by Crippen LogP contribution is 2.32. The first kappa shape index (κ1) is 14.7. The third-order valence-electron chi connectivity index (χ3n) is 2.38. The molecule has 0 bridgehead atoms. The van der Waals surface area contributed by atoms with Crippen molar-refractivity contribution in [1.82, 2.24) is 0 Å². The van der Waals surface area contributed by atoms with E-state index in [2.05, 4.69) is 6.07 Å². The van der Waals surface area contributed by atoms with Crippen LogP contribution in [0.1, 0.15) is 25.3 Å². The molecule has 0 spiro atoms. The fourth-order valence-electron chi connectivity index (χ4n) is 1.31. The summed E-state index contributed by atoms with van der Waals surface area (Å²) in [5.74, 6) is -0.900. The molecule has 0 aliphatic rings. The number of hydrogen-bond donors (Lipinski definition) is 1. The van der Waals surface area contributed by atoms with Crippen LogP contribution in [0.3, 0.4) is 0 Å². The van der Waals surface area contributed by atoms with Crippen molar-refractivity contribution in [2.24, 2.45) is 0 Å². The van der Waals surface area contributed by atoms with Gasteiger partial charge in [-0.25, -0.2) is 0 Å². The van der Waals surface area contributed by atoms with E-state index in [4.69, 9.17) is 17.3 Å². The summed E-state index contributed by atoms with van der Waals surface area (Å²) in [6.45, 7) is 1.72. The molecule has 0 saturated carbocycles. The molecule has 0 aromatic heterocycles. The molecule has 1 rings (SSSR count). The Morgan fingerprint density at radius 1 is 1.50 bits per heavy atom. The van der Waals surface area contributed by atoms with Gasteiger partial charge in [-0.2, -0.15) is 5.26 Å². The van der Waals surface area contributed by atoms with Gasteiger partial charge in [0.15, 0.2) is 0 Å². The van der Waals surface area contributed by atoms with Gasteiger partial charge >= 0.3 is 5.97 Å². The maximum atomic E-state index is 10.6. The molecule has 0 aliphatic carbocycles. The third-order valence-corrected chi connectivity index (χ3v) is 4.03. The summed E-state index contributed by atoms with van der Waals surface area (Å²) in [5, 5.41) is 17.8. The summed E-state index contributed by atoms with van der Waals surface area (Å²) >= 11 is 6.53. The lowest BCUT2D eigenvalue weighted by Gasteiger charge is -2.20. The summed E-state index contributed by atoms with van der Waals surface area (Å²) < 4.78 is -0.185. The Labute approximate surface area is 116 Å². The van der Waals surface area contributed by atoms with Gasteiger partial charge in [0.1, 0.15) is 4.75 Å². The van der Waals surface area contributed by atoms with E-state index in [9.17, 15) is 10.1 Å². The van der Waals surface area contributed by atoms with Crippen molar-refractivity contribution in [2.75, 3.05) is 0 Å². The van der Waals surface area contributed by atoms with E-state index >= 15 is 0 Å². The van der Waals surface area contributed by atoms with Crippen LogP contribution in [0.2, 0.25) is 0 Å². The second-order valence-electron chi connectivity index (χ2n) is 3.99. The predicted molar refractivity (Wildman–Crippen MR) is 76.6 cm³/mol. The fourth-order valence-corrected chi connectivity index (χ4v) is 2.91. The lowest BCUT2D eigenvalue weighted by Crippen LogP contribution is -2.21. The molecule has 18 heavy (non-hydrogen) atoms. The summed E-state index contributed by atoms with van der Waals surface area (Å²) in [7, 11) is 0. The SMILES string of the molecule is CC(C#N)(CCC(=O)O)SC(=S)c1ccccc1. The van der Waals surface area contributed by atoms with Crippen molar-refractivity contribution in [3.63, 3.8) is 0 Å². The van der Waals surface area contributed by atoms with E-state index in [0.717, 1.165) is 5.56 Å². The van der Waals surface area contributed by atoms with Crippen LogP contribution in [0.25, 0.3) is 0 Å². The molecular formula is C13H13NO2S2. The van der Waals surface area contributed by atoms with Crippen LogP contribution in [-0.2, 0) is 4.79 Å². The maximum Gasteiger partial charge on any atom is 0.303 e. The fraction of sp³-hybridized carbons (Fsp3) is 0.308. The molecule has 0 saturated heterocycles. The van der Waals surface area contributed by atoms with Crippen LogP contribution in [0, 0.1) is 11.3 Å². The van der Waals surface area contributed by atoms with Crippen LogP contribution in [0.15, 0.2) is 30.3 Å². The zero-order valence-corrected chi connectivity index (χ0v) is 11.6. The molecule has 0 heterocycles. The van der Waals surface area contributed by atoms with Gasteiger partial charge in [-0.15, -0.1) is 0 Å². The molecule has 0 fully saturated rings. The van der Waals surface area contributed by atoms with Crippen LogP contribution in [0.5, 0.6) is 0 Å². The highest BCUT2D eigenvalue weighted by molar-refractivity contribution is 8.24. The molecule has 0 aliphatic heterocycles. The first-order valence-corrected chi connectivity index (χ1v) is 6.61. The first-order valence-electron chi connectivity index (χ1n) is 5.38. The standard InChI is InChI=1S/C13H13NO2S2/c1-13(9-14,8-7-11(15)16)18-12(17)10-5-3-2-4-6-10/h2-6H,7-8H2,1H3,(H,15,16). The second kappa shape index (κ2) is 6.53. The van der Waals surface area contributed by atoms with Gasteiger partial charge in [-0.3, -0.25) is 4.79 Å². The van der Waals surface area contributed by atoms with Gasteiger partial charge in [0, 0.05) is 6.42 Å². The van der Waals surface area contributed by atoms with E-state index in [1.807, 2.05) is 30.3 Å². The van der Waals surface area contributed by atoms with E-state index in [0.29, 0.717) is 4.20 Å². The van der Waals surface area contributed by atoms with Crippen LogP contribution in [-0.4, -0.2) is 20.0 Å². The minimum Gasteiger partial charge on any atom is -0.481 e. The second-order valence-corrected chi connectivity index (χ2v) is 6.17. The number of thioether (sulfide) groups is 1. The summed E-state index contributed by atoms with van der Waals surface area (Å²) in [5.41, 5.74) is 0.884. The number of hydrogen-bond acceptors (Lipinski definition) is 4. The maximum absolute atomic E-state index is 10.6. The van der Waals surface area contributed by atoms with Gasteiger partial charge < -0.3 is 5.11 Å². The average Bonchev–Trinajstić information content (AvgIpc) is 2.37. The Kier molecular flexibility index (Phi) is 5.32. The highest BCUT2D eigenvalue weighted by atomic mass is 32.2. The van der Waals surface area contributed by atoms with Crippen molar-refractivity contribution in [2.45, 2.75) is 24.5 Å². The number of nitriles is 1. The van der Waals surface area contributed by atoms with Crippen LogP contribution in [0.4, 0.5) is 0 Å². The first-order chi connectivity index (χ1) is 8.47. The van der Waals surface area contributed by atoms with E-state index in [-0.39, 0.29) is 12.8 Å². The summed E-state index contributed by atoms with van der Waals surface area (Å²) in [4.78, 5) is 10.6. The predicted octanol–water partition coefficient (Wildman–Crippen LogP) is 3.24. The van der Waals surface area contributed by atoms with E-state index in [1.54, 1.807) is 6.92 Å². The van der Waals surface area contributed by atoms with Crippen molar-refractivity contribution >= 4 is 34.1 Å². The Hall–Kier alpha value is -1.38. The molecule has 5 heteroatoms. The van der Waals surface area contributed by atoms with Crippen molar-refractivity contribution < 1.29 is 9.90 Å². The van der Waals surface area contributed by atoms with Gasteiger partial charge in [0.05, 0.1) is 10.3 Å². The quantitative estimate of drug-likeness (QED) is 0.838. The molecule has 3 nitrogen and oxygen atoms in total. The average molecular weight is 279 g/mol. The molecular weight excluding hydrogens is 266 g/mol. The van der Waals surface area contributed by atoms with Gasteiger partial charge in [-0.1, -0.05) is 54.3 Å². The van der Waals surface area contributed by atoms with Gasteiger partial charge in [0.25, 0.3) is 0 Å². The third kappa shape index (κ3) is 4.47.